The smallest absolute Gasteiger partial charge is 0.319 e. The lowest BCUT2D eigenvalue weighted by atomic mass is 9.95. The first-order valence-electron chi connectivity index (χ1n) is 6.12. The van der Waals surface area contributed by atoms with E-state index in [2.05, 4.69) is 0 Å². The number of hydrogen-bond acceptors (Lipinski definition) is 5. The van der Waals surface area contributed by atoms with Gasteiger partial charge in [-0.2, -0.15) is 4.89 Å². The summed E-state index contributed by atoms with van der Waals surface area (Å²) in [4.78, 5) is 33.0. The molecule has 0 aliphatic rings. The number of rotatable bonds is 6. The third kappa shape index (κ3) is 4.15. The first-order valence-corrected chi connectivity index (χ1v) is 6.12. The van der Waals surface area contributed by atoms with Gasteiger partial charge in [-0.3, -0.25) is 9.68 Å². The number of ketones is 1. The number of benzene rings is 1. The van der Waals surface area contributed by atoms with Gasteiger partial charge in [-0.1, -0.05) is 25.1 Å². The Labute approximate surface area is 112 Å². The van der Waals surface area contributed by atoms with E-state index in [9.17, 15) is 9.59 Å². The van der Waals surface area contributed by atoms with E-state index in [-0.39, 0.29) is 5.78 Å². The highest BCUT2D eigenvalue weighted by Gasteiger charge is 2.34. The summed E-state index contributed by atoms with van der Waals surface area (Å²) in [6, 6.07) is 7.59. The molecule has 0 aromatic heterocycles. The molecule has 104 valence electrons. The number of carbonyl (C=O) groups is 2. The lowest BCUT2D eigenvalue weighted by Crippen LogP contribution is -2.50. The predicted molar refractivity (Wildman–Crippen MR) is 70.3 cm³/mol. The summed E-state index contributed by atoms with van der Waals surface area (Å²) in [5, 5.41) is 0. The highest BCUT2D eigenvalue weighted by molar-refractivity contribution is 5.89. The highest BCUT2D eigenvalue weighted by atomic mass is 17.2. The van der Waals surface area contributed by atoms with Crippen LogP contribution in [0.4, 0.5) is 0 Å². The lowest BCUT2D eigenvalue weighted by Gasteiger charge is -2.27. The van der Waals surface area contributed by atoms with E-state index in [1.165, 1.54) is 0 Å². The molecule has 19 heavy (non-hydrogen) atoms. The highest BCUT2D eigenvalue weighted by Crippen LogP contribution is 2.16. The maximum Gasteiger partial charge on any atom is 0.373 e. The molecule has 5 nitrogen and oxygen atoms in total. The molecule has 0 saturated carbocycles. The van der Waals surface area contributed by atoms with Crippen molar-refractivity contribution in [3.05, 3.63) is 35.9 Å². The molecule has 0 heterocycles. The van der Waals surface area contributed by atoms with Crippen LogP contribution in [-0.4, -0.2) is 23.4 Å². The quantitative estimate of drug-likeness (QED) is 0.627. The molecule has 0 saturated heterocycles. The van der Waals surface area contributed by atoms with Gasteiger partial charge >= 0.3 is 5.97 Å². The summed E-state index contributed by atoms with van der Waals surface area (Å²) >= 11 is 0. The van der Waals surface area contributed by atoms with Gasteiger partial charge in [-0.15, -0.1) is 0 Å². The van der Waals surface area contributed by atoms with Crippen LogP contribution in [-0.2, 0) is 14.6 Å². The van der Waals surface area contributed by atoms with Crippen molar-refractivity contribution in [1.29, 1.82) is 0 Å². The van der Waals surface area contributed by atoms with Crippen molar-refractivity contribution in [3.8, 4) is 0 Å². The van der Waals surface area contributed by atoms with Crippen LogP contribution in [0.25, 0.3) is 0 Å². The summed E-state index contributed by atoms with van der Waals surface area (Å²) in [5.74, 6) is -0.773. The summed E-state index contributed by atoms with van der Waals surface area (Å²) in [7, 11) is 0. The number of hydrogen-bond donors (Lipinski definition) is 1. The molecule has 1 unspecified atom stereocenters. The molecule has 1 aromatic carbocycles. The monoisotopic (exact) mass is 265 g/mol. The molecule has 2 N–H and O–H groups in total. The van der Waals surface area contributed by atoms with Crippen molar-refractivity contribution < 1.29 is 19.4 Å². The minimum atomic E-state index is -1.07. The largest absolute Gasteiger partial charge is 0.373 e. The molecule has 0 spiro atoms. The van der Waals surface area contributed by atoms with Crippen molar-refractivity contribution in [2.24, 2.45) is 5.73 Å². The van der Waals surface area contributed by atoms with Crippen LogP contribution in [0.3, 0.4) is 0 Å². The minimum absolute atomic E-state index is 0.152. The molecule has 0 amide bonds. The molecule has 1 atom stereocenters. The SMILES string of the molecule is CCC(=O)C(N)C(C)(C)OOC(=O)c1ccccc1. The van der Waals surface area contributed by atoms with Crippen LogP contribution in [0.5, 0.6) is 0 Å². The normalized spacial score (nSPS) is 12.8. The average molecular weight is 265 g/mol. The van der Waals surface area contributed by atoms with Crippen LogP contribution >= 0.6 is 0 Å². The topological polar surface area (TPSA) is 78.6 Å². The Bertz CT molecular complexity index is 442. The Balaban J connectivity index is 2.61. The Morgan fingerprint density at radius 2 is 1.84 bits per heavy atom. The zero-order valence-electron chi connectivity index (χ0n) is 11.4. The summed E-state index contributed by atoms with van der Waals surface area (Å²) < 4.78 is 0. The molecule has 1 rings (SSSR count). The fourth-order valence-electron chi connectivity index (χ4n) is 1.43. The fraction of sp³-hybridized carbons (Fsp3) is 0.429. The van der Waals surface area contributed by atoms with Gasteiger partial charge in [0.25, 0.3) is 0 Å². The zero-order chi connectivity index (χ0) is 14.5. The second-order valence-electron chi connectivity index (χ2n) is 4.72. The first kappa shape index (κ1) is 15.3. The number of nitrogens with two attached hydrogens (primary N) is 1. The average Bonchev–Trinajstić information content (AvgIpc) is 2.44. The second-order valence-corrected chi connectivity index (χ2v) is 4.72. The molecule has 1 aromatic rings. The Hall–Kier alpha value is -1.72. The van der Waals surface area contributed by atoms with Gasteiger partial charge in [0.2, 0.25) is 0 Å². The third-order valence-corrected chi connectivity index (χ3v) is 2.79. The minimum Gasteiger partial charge on any atom is -0.319 e. The van der Waals surface area contributed by atoms with Gasteiger partial charge in [0, 0.05) is 6.42 Å². The molecular weight excluding hydrogens is 246 g/mol. The first-order chi connectivity index (χ1) is 8.88. The fourth-order valence-corrected chi connectivity index (χ4v) is 1.43. The summed E-state index contributed by atoms with van der Waals surface area (Å²) in [6.07, 6.45) is 0.306. The molecule has 0 radical (unpaired) electrons. The lowest BCUT2D eigenvalue weighted by molar-refractivity contribution is -0.309. The van der Waals surface area contributed by atoms with E-state index >= 15 is 0 Å². The molecular formula is C14H19NO4. The van der Waals surface area contributed by atoms with Crippen molar-refractivity contribution in [2.75, 3.05) is 0 Å². The van der Waals surface area contributed by atoms with Crippen LogP contribution in [0.2, 0.25) is 0 Å². The van der Waals surface area contributed by atoms with E-state index in [4.69, 9.17) is 15.5 Å². The predicted octanol–water partition coefficient (Wildman–Crippen LogP) is 1.86. The molecule has 0 aliphatic carbocycles. The molecule has 0 bridgehead atoms. The molecule has 5 heteroatoms. The Morgan fingerprint density at radius 3 is 2.37 bits per heavy atom. The number of Topliss-reactive ketones (excluding diaryl/α,β-unsaturated/α-hetero) is 1. The maximum absolute atomic E-state index is 11.7. The van der Waals surface area contributed by atoms with Gasteiger partial charge in [0.05, 0.1) is 11.6 Å². The summed E-state index contributed by atoms with van der Waals surface area (Å²) in [6.45, 7) is 4.92. The van der Waals surface area contributed by atoms with Crippen molar-refractivity contribution >= 4 is 11.8 Å². The number of carbonyl (C=O) groups excluding carboxylic acids is 2. The van der Waals surface area contributed by atoms with Gasteiger partial charge in [0.15, 0.2) is 5.78 Å². The van der Waals surface area contributed by atoms with Gasteiger partial charge in [-0.05, 0) is 26.0 Å². The molecule has 0 aliphatic heterocycles. The molecule has 0 fully saturated rings. The zero-order valence-corrected chi connectivity index (χ0v) is 11.4. The second kappa shape index (κ2) is 6.45. The van der Waals surface area contributed by atoms with Crippen LogP contribution < -0.4 is 5.73 Å². The summed E-state index contributed by atoms with van der Waals surface area (Å²) in [5.41, 5.74) is 5.06. The standard InChI is InChI=1S/C14H19NO4/c1-4-11(16)12(15)14(2,3)19-18-13(17)10-8-6-5-7-9-10/h5-9,12H,4,15H2,1-3H3. The van der Waals surface area contributed by atoms with E-state index in [1.807, 2.05) is 0 Å². The van der Waals surface area contributed by atoms with Crippen LogP contribution in [0.1, 0.15) is 37.6 Å². The van der Waals surface area contributed by atoms with Gasteiger partial charge in [0.1, 0.15) is 5.60 Å². The Kier molecular flexibility index (Phi) is 5.20. The van der Waals surface area contributed by atoms with E-state index in [0.29, 0.717) is 12.0 Å². The Morgan fingerprint density at radius 1 is 1.26 bits per heavy atom. The van der Waals surface area contributed by atoms with Crippen LogP contribution in [0.15, 0.2) is 30.3 Å². The van der Waals surface area contributed by atoms with Crippen LogP contribution in [0, 0.1) is 0 Å². The van der Waals surface area contributed by atoms with Crippen molar-refractivity contribution in [1.82, 2.24) is 0 Å². The third-order valence-electron chi connectivity index (χ3n) is 2.79. The maximum atomic E-state index is 11.7. The van der Waals surface area contributed by atoms with Crippen molar-refractivity contribution in [2.45, 2.75) is 38.8 Å². The van der Waals surface area contributed by atoms with E-state index in [1.54, 1.807) is 51.1 Å². The van der Waals surface area contributed by atoms with Crippen molar-refractivity contribution in [3.63, 3.8) is 0 Å². The van der Waals surface area contributed by atoms with Gasteiger partial charge < -0.3 is 5.73 Å². The van der Waals surface area contributed by atoms with E-state index in [0.717, 1.165) is 0 Å². The van der Waals surface area contributed by atoms with E-state index < -0.39 is 17.6 Å². The van der Waals surface area contributed by atoms with Gasteiger partial charge in [-0.25, -0.2) is 4.79 Å².